The Kier molecular flexibility index (Phi) is 2.56. The first-order valence-electron chi connectivity index (χ1n) is 5.32. The van der Waals surface area contributed by atoms with Crippen molar-refractivity contribution in [3.05, 3.63) is 23.3 Å². The second kappa shape index (κ2) is 3.64. The van der Waals surface area contributed by atoms with Crippen LogP contribution in [0.5, 0.6) is 11.5 Å². The van der Waals surface area contributed by atoms with Crippen molar-refractivity contribution in [3.8, 4) is 11.5 Å². The van der Waals surface area contributed by atoms with Gasteiger partial charge in [-0.2, -0.15) is 0 Å². The number of aliphatic hydroxyl groups is 1. The van der Waals surface area contributed by atoms with E-state index in [-0.39, 0.29) is 12.6 Å². The molecule has 0 aliphatic carbocycles. The molecule has 1 aliphatic rings. The van der Waals surface area contributed by atoms with Gasteiger partial charge in [0.1, 0.15) is 0 Å². The van der Waals surface area contributed by atoms with Crippen LogP contribution >= 0.6 is 0 Å². The van der Waals surface area contributed by atoms with E-state index in [9.17, 15) is 0 Å². The van der Waals surface area contributed by atoms with Gasteiger partial charge in [0.2, 0.25) is 5.79 Å². The van der Waals surface area contributed by atoms with Crippen LogP contribution in [0.1, 0.15) is 31.0 Å². The molecule has 3 N–H and O–H groups in total. The number of fused-ring (bicyclic) bond motifs is 1. The van der Waals surface area contributed by atoms with Gasteiger partial charge in [-0.05, 0) is 30.2 Å². The van der Waals surface area contributed by atoms with Crippen molar-refractivity contribution < 1.29 is 14.6 Å². The van der Waals surface area contributed by atoms with E-state index in [0.29, 0.717) is 5.75 Å². The summed E-state index contributed by atoms with van der Waals surface area (Å²) in [5.74, 6) is 0.794. The van der Waals surface area contributed by atoms with Gasteiger partial charge in [0.15, 0.2) is 11.5 Å². The van der Waals surface area contributed by atoms with Gasteiger partial charge in [0.05, 0.1) is 12.6 Å². The lowest BCUT2D eigenvalue weighted by atomic mass is 10.0. The SMILES string of the molecule is Cc1cc2c(cc1C(N)CO)OC(C)(C)O2. The third kappa shape index (κ3) is 1.86. The van der Waals surface area contributed by atoms with Gasteiger partial charge >= 0.3 is 0 Å². The van der Waals surface area contributed by atoms with Crippen molar-refractivity contribution in [1.29, 1.82) is 0 Å². The van der Waals surface area contributed by atoms with E-state index < -0.39 is 5.79 Å². The summed E-state index contributed by atoms with van der Waals surface area (Å²) >= 11 is 0. The zero-order chi connectivity index (χ0) is 11.9. The molecule has 1 aromatic rings. The number of hydrogen-bond donors (Lipinski definition) is 2. The molecule has 0 saturated heterocycles. The molecule has 1 heterocycles. The van der Waals surface area contributed by atoms with Crippen LogP contribution in [0.4, 0.5) is 0 Å². The standard InChI is InChI=1S/C12H17NO3/c1-7-4-10-11(16-12(2,3)15-10)5-8(7)9(13)6-14/h4-5,9,14H,6,13H2,1-3H3. The quantitative estimate of drug-likeness (QED) is 0.797. The highest BCUT2D eigenvalue weighted by Crippen LogP contribution is 2.41. The lowest BCUT2D eigenvalue weighted by Gasteiger charge is -2.16. The van der Waals surface area contributed by atoms with E-state index >= 15 is 0 Å². The number of benzene rings is 1. The van der Waals surface area contributed by atoms with E-state index in [4.69, 9.17) is 20.3 Å². The predicted octanol–water partition coefficient (Wildman–Crippen LogP) is 1.49. The fourth-order valence-electron chi connectivity index (χ4n) is 1.89. The Hall–Kier alpha value is -1.26. The molecule has 0 saturated carbocycles. The zero-order valence-electron chi connectivity index (χ0n) is 9.78. The highest BCUT2D eigenvalue weighted by Gasteiger charge is 2.32. The Morgan fingerprint density at radius 2 is 1.88 bits per heavy atom. The Morgan fingerprint density at radius 1 is 1.31 bits per heavy atom. The Labute approximate surface area is 95.0 Å². The lowest BCUT2D eigenvalue weighted by Crippen LogP contribution is -2.29. The van der Waals surface area contributed by atoms with Crippen molar-refractivity contribution in [2.45, 2.75) is 32.6 Å². The lowest BCUT2D eigenvalue weighted by molar-refractivity contribution is -0.0431. The van der Waals surface area contributed by atoms with Crippen LogP contribution in [-0.2, 0) is 0 Å². The minimum Gasteiger partial charge on any atom is -0.449 e. The van der Waals surface area contributed by atoms with Crippen molar-refractivity contribution in [2.24, 2.45) is 5.73 Å². The molecule has 4 heteroatoms. The van der Waals surface area contributed by atoms with E-state index in [1.165, 1.54) is 0 Å². The van der Waals surface area contributed by atoms with E-state index in [0.717, 1.165) is 16.9 Å². The highest BCUT2D eigenvalue weighted by atomic mass is 16.7. The summed E-state index contributed by atoms with van der Waals surface area (Å²) < 4.78 is 11.2. The Morgan fingerprint density at radius 3 is 2.44 bits per heavy atom. The summed E-state index contributed by atoms with van der Waals surface area (Å²) in [6, 6.07) is 3.37. The second-order valence-corrected chi connectivity index (χ2v) is 4.55. The second-order valence-electron chi connectivity index (χ2n) is 4.55. The molecule has 0 fully saturated rings. The summed E-state index contributed by atoms with van der Waals surface area (Å²) in [6.07, 6.45) is 0. The van der Waals surface area contributed by atoms with Gasteiger partial charge in [-0.1, -0.05) is 0 Å². The van der Waals surface area contributed by atoms with Crippen molar-refractivity contribution in [3.63, 3.8) is 0 Å². The van der Waals surface area contributed by atoms with Crippen LogP contribution in [-0.4, -0.2) is 17.5 Å². The molecule has 1 aromatic carbocycles. The molecular weight excluding hydrogens is 206 g/mol. The molecule has 0 bridgehead atoms. The minimum atomic E-state index is -0.628. The van der Waals surface area contributed by atoms with Crippen molar-refractivity contribution in [2.75, 3.05) is 6.61 Å². The van der Waals surface area contributed by atoms with E-state index in [1.807, 2.05) is 32.9 Å². The summed E-state index contributed by atoms with van der Waals surface area (Å²) in [6.45, 7) is 5.58. The average Bonchev–Trinajstić information content (AvgIpc) is 2.48. The average molecular weight is 223 g/mol. The minimum absolute atomic E-state index is 0.0795. The fourth-order valence-corrected chi connectivity index (χ4v) is 1.89. The number of aliphatic hydroxyl groups excluding tert-OH is 1. The van der Waals surface area contributed by atoms with Gasteiger partial charge < -0.3 is 20.3 Å². The maximum absolute atomic E-state index is 9.07. The summed E-state index contributed by atoms with van der Waals surface area (Å²) in [5, 5.41) is 9.07. The molecule has 0 spiro atoms. The third-order valence-electron chi connectivity index (χ3n) is 2.64. The molecule has 1 aliphatic heterocycles. The first kappa shape index (κ1) is 11.2. The fraction of sp³-hybridized carbons (Fsp3) is 0.500. The van der Waals surface area contributed by atoms with Gasteiger partial charge in [0.25, 0.3) is 0 Å². The van der Waals surface area contributed by atoms with Crippen LogP contribution in [0.25, 0.3) is 0 Å². The highest BCUT2D eigenvalue weighted by molar-refractivity contribution is 5.50. The van der Waals surface area contributed by atoms with Crippen LogP contribution < -0.4 is 15.2 Å². The molecule has 88 valence electrons. The molecule has 16 heavy (non-hydrogen) atoms. The molecule has 1 atom stereocenters. The number of ether oxygens (including phenoxy) is 2. The smallest absolute Gasteiger partial charge is 0.246 e. The van der Waals surface area contributed by atoms with Crippen LogP contribution in [0, 0.1) is 6.92 Å². The molecular formula is C12H17NO3. The number of nitrogens with two attached hydrogens (primary N) is 1. The molecule has 4 nitrogen and oxygen atoms in total. The molecule has 0 amide bonds. The first-order chi connectivity index (χ1) is 7.43. The number of aryl methyl sites for hydroxylation is 1. The molecule has 1 unspecified atom stereocenters. The number of rotatable bonds is 2. The summed E-state index contributed by atoms with van der Waals surface area (Å²) in [4.78, 5) is 0. The monoisotopic (exact) mass is 223 g/mol. The summed E-state index contributed by atoms with van der Waals surface area (Å²) in [7, 11) is 0. The van der Waals surface area contributed by atoms with Crippen LogP contribution in [0.15, 0.2) is 12.1 Å². The first-order valence-corrected chi connectivity index (χ1v) is 5.32. The summed E-state index contributed by atoms with van der Waals surface area (Å²) in [5.41, 5.74) is 7.70. The van der Waals surface area contributed by atoms with Gasteiger partial charge in [-0.25, -0.2) is 0 Å². The maximum Gasteiger partial charge on any atom is 0.246 e. The molecule has 0 aromatic heterocycles. The molecule has 0 radical (unpaired) electrons. The Balaban J connectivity index is 2.41. The zero-order valence-corrected chi connectivity index (χ0v) is 9.78. The van der Waals surface area contributed by atoms with Gasteiger partial charge in [-0.15, -0.1) is 0 Å². The van der Waals surface area contributed by atoms with Gasteiger partial charge in [0, 0.05) is 13.8 Å². The van der Waals surface area contributed by atoms with Gasteiger partial charge in [-0.3, -0.25) is 0 Å². The largest absolute Gasteiger partial charge is 0.449 e. The van der Waals surface area contributed by atoms with Crippen molar-refractivity contribution >= 4 is 0 Å². The topological polar surface area (TPSA) is 64.7 Å². The van der Waals surface area contributed by atoms with E-state index in [1.54, 1.807) is 0 Å². The molecule has 2 rings (SSSR count). The Bertz CT molecular complexity index is 415. The maximum atomic E-state index is 9.07. The van der Waals surface area contributed by atoms with E-state index in [2.05, 4.69) is 0 Å². The third-order valence-corrected chi connectivity index (χ3v) is 2.64. The number of hydrogen-bond acceptors (Lipinski definition) is 4. The van der Waals surface area contributed by atoms with Crippen LogP contribution in [0.2, 0.25) is 0 Å². The predicted molar refractivity (Wildman–Crippen MR) is 60.5 cm³/mol. The van der Waals surface area contributed by atoms with Crippen LogP contribution in [0.3, 0.4) is 0 Å². The normalized spacial score (nSPS) is 18.6. The van der Waals surface area contributed by atoms with Crippen molar-refractivity contribution in [1.82, 2.24) is 0 Å².